The maximum atomic E-state index is 3.36. The molecule has 1 unspecified atom stereocenters. The second-order valence-corrected chi connectivity index (χ2v) is 3.27. The Hall–Kier alpha value is -0.0800. The Labute approximate surface area is 57.0 Å². The summed E-state index contributed by atoms with van der Waals surface area (Å²) in [6, 6.07) is 0. The SMILES string of the molecule is CNCC1(C)CCNC1. The van der Waals surface area contributed by atoms with Crippen LogP contribution in [0.4, 0.5) is 0 Å². The minimum Gasteiger partial charge on any atom is -0.319 e. The molecule has 2 N–H and O–H groups in total. The Morgan fingerprint density at radius 2 is 2.44 bits per heavy atom. The quantitative estimate of drug-likeness (QED) is 0.555. The van der Waals surface area contributed by atoms with Crippen LogP contribution in [0, 0.1) is 5.41 Å². The van der Waals surface area contributed by atoms with Crippen molar-refractivity contribution in [1.82, 2.24) is 10.6 Å². The summed E-state index contributed by atoms with van der Waals surface area (Å²) >= 11 is 0. The van der Waals surface area contributed by atoms with Crippen molar-refractivity contribution in [3.05, 3.63) is 0 Å². The fraction of sp³-hybridized carbons (Fsp3) is 1.00. The van der Waals surface area contributed by atoms with Crippen LogP contribution in [-0.2, 0) is 0 Å². The molecule has 2 nitrogen and oxygen atoms in total. The summed E-state index contributed by atoms with van der Waals surface area (Å²) in [5.41, 5.74) is 0.523. The van der Waals surface area contributed by atoms with Crippen molar-refractivity contribution < 1.29 is 0 Å². The molecular weight excluding hydrogens is 112 g/mol. The van der Waals surface area contributed by atoms with E-state index in [1.54, 1.807) is 0 Å². The summed E-state index contributed by atoms with van der Waals surface area (Å²) < 4.78 is 0. The lowest BCUT2D eigenvalue weighted by molar-refractivity contribution is 0.352. The highest BCUT2D eigenvalue weighted by Crippen LogP contribution is 2.22. The molecule has 0 aromatic heterocycles. The van der Waals surface area contributed by atoms with Crippen LogP contribution in [0.15, 0.2) is 0 Å². The number of nitrogens with one attached hydrogen (secondary N) is 2. The number of hydrogen-bond donors (Lipinski definition) is 2. The van der Waals surface area contributed by atoms with Crippen molar-refractivity contribution in [3.63, 3.8) is 0 Å². The average Bonchev–Trinajstić information content (AvgIpc) is 2.16. The molecule has 1 saturated heterocycles. The molecule has 0 aromatic carbocycles. The third kappa shape index (κ3) is 1.66. The van der Waals surface area contributed by atoms with Gasteiger partial charge in [0, 0.05) is 13.1 Å². The van der Waals surface area contributed by atoms with E-state index in [0.717, 1.165) is 6.54 Å². The normalized spacial score (nSPS) is 35.3. The van der Waals surface area contributed by atoms with Gasteiger partial charge in [0.1, 0.15) is 0 Å². The second-order valence-electron chi connectivity index (χ2n) is 3.27. The van der Waals surface area contributed by atoms with Crippen molar-refractivity contribution in [2.75, 3.05) is 26.7 Å². The molecule has 1 aliphatic heterocycles. The van der Waals surface area contributed by atoms with Gasteiger partial charge in [-0.3, -0.25) is 0 Å². The first kappa shape index (κ1) is 7.03. The maximum Gasteiger partial charge on any atom is 0.00178 e. The maximum absolute atomic E-state index is 3.36. The topological polar surface area (TPSA) is 24.1 Å². The van der Waals surface area contributed by atoms with Crippen molar-refractivity contribution in [2.45, 2.75) is 13.3 Å². The van der Waals surface area contributed by atoms with Crippen molar-refractivity contribution in [1.29, 1.82) is 0 Å². The molecule has 2 heteroatoms. The van der Waals surface area contributed by atoms with Gasteiger partial charge in [-0.05, 0) is 25.4 Å². The van der Waals surface area contributed by atoms with Crippen molar-refractivity contribution >= 4 is 0 Å². The summed E-state index contributed by atoms with van der Waals surface area (Å²) in [6.45, 7) is 5.83. The van der Waals surface area contributed by atoms with Gasteiger partial charge in [0.2, 0.25) is 0 Å². The molecule has 1 atom stereocenters. The highest BCUT2D eigenvalue weighted by atomic mass is 14.9. The highest BCUT2D eigenvalue weighted by Gasteiger charge is 2.26. The standard InChI is InChI=1S/C7H16N2/c1-7(5-8-2)3-4-9-6-7/h8-9H,3-6H2,1-2H3. The van der Waals surface area contributed by atoms with Gasteiger partial charge in [0.25, 0.3) is 0 Å². The minimum absolute atomic E-state index is 0.523. The second kappa shape index (κ2) is 2.67. The molecule has 9 heavy (non-hydrogen) atoms. The molecule has 1 rings (SSSR count). The van der Waals surface area contributed by atoms with E-state index in [-0.39, 0.29) is 0 Å². The van der Waals surface area contributed by atoms with E-state index >= 15 is 0 Å². The molecule has 0 amide bonds. The van der Waals surface area contributed by atoms with Gasteiger partial charge in [-0.2, -0.15) is 0 Å². The van der Waals surface area contributed by atoms with Gasteiger partial charge >= 0.3 is 0 Å². The van der Waals surface area contributed by atoms with E-state index < -0.39 is 0 Å². The Kier molecular flexibility index (Phi) is 2.09. The van der Waals surface area contributed by atoms with E-state index in [1.807, 2.05) is 7.05 Å². The molecule has 0 aliphatic carbocycles. The molecular formula is C7H16N2. The van der Waals surface area contributed by atoms with Crippen LogP contribution < -0.4 is 10.6 Å². The van der Waals surface area contributed by atoms with Gasteiger partial charge in [0.15, 0.2) is 0 Å². The van der Waals surface area contributed by atoms with E-state index in [1.165, 1.54) is 19.5 Å². The predicted molar refractivity (Wildman–Crippen MR) is 39.5 cm³/mol. The highest BCUT2D eigenvalue weighted by molar-refractivity contribution is 4.84. The first-order chi connectivity index (χ1) is 4.27. The van der Waals surface area contributed by atoms with Gasteiger partial charge in [-0.25, -0.2) is 0 Å². The Morgan fingerprint density at radius 1 is 1.67 bits per heavy atom. The lowest BCUT2D eigenvalue weighted by Gasteiger charge is -2.21. The van der Waals surface area contributed by atoms with E-state index in [4.69, 9.17) is 0 Å². The fourth-order valence-corrected chi connectivity index (χ4v) is 1.45. The molecule has 0 saturated carbocycles. The zero-order valence-electron chi connectivity index (χ0n) is 6.33. The average molecular weight is 128 g/mol. The van der Waals surface area contributed by atoms with E-state index in [2.05, 4.69) is 17.6 Å². The summed E-state index contributed by atoms with van der Waals surface area (Å²) in [5, 5.41) is 6.57. The van der Waals surface area contributed by atoms with Crippen LogP contribution in [0.5, 0.6) is 0 Å². The first-order valence-electron chi connectivity index (χ1n) is 3.62. The molecule has 1 fully saturated rings. The fourth-order valence-electron chi connectivity index (χ4n) is 1.45. The number of hydrogen-bond acceptors (Lipinski definition) is 2. The van der Waals surface area contributed by atoms with E-state index in [0.29, 0.717) is 5.41 Å². The smallest absolute Gasteiger partial charge is 0.00178 e. The van der Waals surface area contributed by atoms with Crippen LogP contribution in [0.1, 0.15) is 13.3 Å². The zero-order valence-corrected chi connectivity index (χ0v) is 6.33. The Bertz CT molecular complexity index is 84.9. The number of rotatable bonds is 2. The Balaban J connectivity index is 2.32. The molecule has 0 bridgehead atoms. The van der Waals surface area contributed by atoms with Crippen LogP contribution in [0.2, 0.25) is 0 Å². The molecule has 0 radical (unpaired) electrons. The largest absolute Gasteiger partial charge is 0.319 e. The summed E-state index contributed by atoms with van der Waals surface area (Å²) in [7, 11) is 2.02. The van der Waals surface area contributed by atoms with Gasteiger partial charge in [0.05, 0.1) is 0 Å². The summed E-state index contributed by atoms with van der Waals surface area (Å²) in [6.07, 6.45) is 1.31. The minimum atomic E-state index is 0.523. The molecule has 54 valence electrons. The Morgan fingerprint density at radius 3 is 2.89 bits per heavy atom. The van der Waals surface area contributed by atoms with Crippen LogP contribution >= 0.6 is 0 Å². The lowest BCUT2D eigenvalue weighted by Crippen LogP contribution is -2.31. The van der Waals surface area contributed by atoms with Crippen molar-refractivity contribution in [3.8, 4) is 0 Å². The molecule has 0 aromatic rings. The lowest BCUT2D eigenvalue weighted by atomic mass is 9.90. The van der Waals surface area contributed by atoms with E-state index in [9.17, 15) is 0 Å². The monoisotopic (exact) mass is 128 g/mol. The third-order valence-electron chi connectivity index (χ3n) is 2.06. The molecule has 1 heterocycles. The predicted octanol–water partition coefficient (Wildman–Crippen LogP) is 0.205. The van der Waals surface area contributed by atoms with Gasteiger partial charge in [-0.15, -0.1) is 0 Å². The summed E-state index contributed by atoms with van der Waals surface area (Å²) in [4.78, 5) is 0. The zero-order chi connectivity index (χ0) is 6.74. The molecule has 1 aliphatic rings. The van der Waals surface area contributed by atoms with Crippen LogP contribution in [0.25, 0.3) is 0 Å². The molecule has 0 spiro atoms. The van der Waals surface area contributed by atoms with Crippen LogP contribution in [0.3, 0.4) is 0 Å². The van der Waals surface area contributed by atoms with Crippen LogP contribution in [-0.4, -0.2) is 26.7 Å². The summed E-state index contributed by atoms with van der Waals surface area (Å²) in [5.74, 6) is 0. The first-order valence-corrected chi connectivity index (χ1v) is 3.62. The van der Waals surface area contributed by atoms with Gasteiger partial charge < -0.3 is 10.6 Å². The van der Waals surface area contributed by atoms with Crippen molar-refractivity contribution in [2.24, 2.45) is 5.41 Å². The third-order valence-corrected chi connectivity index (χ3v) is 2.06. The van der Waals surface area contributed by atoms with Gasteiger partial charge in [-0.1, -0.05) is 6.92 Å².